The van der Waals surface area contributed by atoms with E-state index in [1.807, 2.05) is 0 Å². The summed E-state index contributed by atoms with van der Waals surface area (Å²) in [4.78, 5) is 1.03. The topological polar surface area (TPSA) is 18.5 Å². The zero-order valence-corrected chi connectivity index (χ0v) is 16.2. The molecule has 0 N–H and O–H groups in total. The number of alkyl halides is 2. The van der Waals surface area contributed by atoms with Gasteiger partial charge >= 0.3 is 8.56 Å². The fourth-order valence-corrected chi connectivity index (χ4v) is 6.99. The molecule has 0 unspecified atom stereocenters. The van der Waals surface area contributed by atoms with Gasteiger partial charge in [0.25, 0.3) is 0 Å². The van der Waals surface area contributed by atoms with E-state index in [0.717, 1.165) is 0 Å². The first-order chi connectivity index (χ1) is 8.98. The Bertz CT molecular complexity index is 263. The van der Waals surface area contributed by atoms with Gasteiger partial charge in [-0.1, -0.05) is 57.5 Å². The molecule has 0 aliphatic heterocycles. The molecule has 2 fully saturated rings. The van der Waals surface area contributed by atoms with Crippen molar-refractivity contribution < 1.29 is 8.85 Å². The van der Waals surface area contributed by atoms with Crippen molar-refractivity contribution in [1.29, 1.82) is 0 Å². The predicted octanol–water partition coefficient (Wildman–Crippen LogP) is 5.13. The van der Waals surface area contributed by atoms with Gasteiger partial charge in [0.2, 0.25) is 0 Å². The van der Waals surface area contributed by atoms with Crippen LogP contribution in [0.15, 0.2) is 0 Å². The van der Waals surface area contributed by atoms with Gasteiger partial charge in [0.15, 0.2) is 0 Å². The van der Waals surface area contributed by atoms with Crippen LogP contribution in [0, 0.1) is 0 Å². The maximum atomic E-state index is 6.39. The summed E-state index contributed by atoms with van der Waals surface area (Å²) in [5.41, 5.74) is 0. The van der Waals surface area contributed by atoms with Gasteiger partial charge in [-0.15, -0.1) is 0 Å². The van der Waals surface area contributed by atoms with E-state index in [-0.39, 0.29) is 0 Å². The monoisotopic (exact) mass is 412 g/mol. The first kappa shape index (κ1) is 16.5. The molecule has 2 saturated carbocycles. The Morgan fingerprint density at radius 2 is 1.11 bits per heavy atom. The fourth-order valence-electron chi connectivity index (χ4n) is 3.13. The summed E-state index contributed by atoms with van der Waals surface area (Å²) in [6.45, 7) is 4.41. The van der Waals surface area contributed by atoms with Crippen LogP contribution in [-0.2, 0) is 8.85 Å². The fraction of sp³-hybridized carbons (Fsp3) is 1.00. The van der Waals surface area contributed by atoms with Gasteiger partial charge in [-0.2, -0.15) is 0 Å². The van der Waals surface area contributed by atoms with Crippen LogP contribution in [0.3, 0.4) is 0 Å². The molecule has 0 heterocycles. The van der Waals surface area contributed by atoms with E-state index in [2.05, 4.69) is 45.0 Å². The molecule has 2 nitrogen and oxygen atoms in total. The minimum atomic E-state index is -2.02. The van der Waals surface area contributed by atoms with Crippen LogP contribution in [0.5, 0.6) is 0 Å². The summed E-state index contributed by atoms with van der Waals surface area (Å²) >= 11 is 7.55. The Kier molecular flexibility index (Phi) is 6.40. The minimum Gasteiger partial charge on any atom is -0.390 e. The second-order valence-corrected chi connectivity index (χ2v) is 11.9. The van der Waals surface area contributed by atoms with E-state index in [1.165, 1.54) is 51.4 Å². The quantitative estimate of drug-likeness (QED) is 0.469. The number of halogens is 2. The summed E-state index contributed by atoms with van der Waals surface area (Å²) in [7, 11) is -2.02. The second kappa shape index (κ2) is 7.39. The lowest BCUT2D eigenvalue weighted by molar-refractivity contribution is 0.0605. The maximum Gasteiger partial charge on any atom is 0.332 e. The van der Waals surface area contributed by atoms with E-state index < -0.39 is 8.56 Å². The standard InChI is InChI=1S/C14H26Br2O2Si/c1-19(2,17-13-9-5-3-7-11(13)15)18-14-10-6-4-8-12(14)16/h11-14H,3-10H2,1-2H3/t11-,12-,13-,14-/m0/s1. The van der Waals surface area contributed by atoms with Crippen molar-refractivity contribution in [3.8, 4) is 0 Å². The van der Waals surface area contributed by atoms with Crippen LogP contribution in [-0.4, -0.2) is 30.4 Å². The molecule has 2 aliphatic rings. The molecule has 0 bridgehead atoms. The van der Waals surface area contributed by atoms with Gasteiger partial charge in [0.1, 0.15) is 0 Å². The molecule has 5 heteroatoms. The van der Waals surface area contributed by atoms with E-state index in [9.17, 15) is 0 Å². The van der Waals surface area contributed by atoms with Crippen molar-refractivity contribution in [3.63, 3.8) is 0 Å². The smallest absolute Gasteiger partial charge is 0.332 e. The summed E-state index contributed by atoms with van der Waals surface area (Å²) in [5, 5.41) is 0. The molecule has 19 heavy (non-hydrogen) atoms. The van der Waals surface area contributed by atoms with Gasteiger partial charge < -0.3 is 8.85 Å². The summed E-state index contributed by atoms with van der Waals surface area (Å²) in [6.07, 6.45) is 10.8. The van der Waals surface area contributed by atoms with Crippen LogP contribution in [0.25, 0.3) is 0 Å². The van der Waals surface area contributed by atoms with Gasteiger partial charge in [0, 0.05) is 9.65 Å². The van der Waals surface area contributed by atoms with Crippen molar-refractivity contribution in [1.82, 2.24) is 0 Å². The normalized spacial score (nSPS) is 37.3. The first-order valence-electron chi connectivity index (χ1n) is 7.62. The molecule has 2 rings (SSSR count). The SMILES string of the molecule is C[Si](C)(O[C@H]1CCCC[C@@H]1Br)O[C@H]1CCCC[C@@H]1Br. The average Bonchev–Trinajstić information content (AvgIpc) is 2.35. The van der Waals surface area contributed by atoms with Gasteiger partial charge in [0.05, 0.1) is 12.2 Å². The lowest BCUT2D eigenvalue weighted by Crippen LogP contribution is -2.47. The van der Waals surface area contributed by atoms with E-state index >= 15 is 0 Å². The van der Waals surface area contributed by atoms with Crippen molar-refractivity contribution in [2.45, 2.75) is 86.3 Å². The minimum absolute atomic E-state index is 0.354. The zero-order valence-electron chi connectivity index (χ0n) is 12.0. The van der Waals surface area contributed by atoms with Crippen LogP contribution in [0.2, 0.25) is 13.1 Å². The molecule has 0 aromatic carbocycles. The van der Waals surface area contributed by atoms with Crippen molar-refractivity contribution in [3.05, 3.63) is 0 Å². The molecule has 0 saturated heterocycles. The summed E-state index contributed by atoms with van der Waals surface area (Å²) in [5.74, 6) is 0. The first-order valence-corrected chi connectivity index (χ1v) is 12.3. The van der Waals surface area contributed by atoms with Crippen molar-refractivity contribution in [2.24, 2.45) is 0 Å². The van der Waals surface area contributed by atoms with Crippen LogP contribution < -0.4 is 0 Å². The average molecular weight is 414 g/mol. The molecule has 4 atom stereocenters. The zero-order chi connectivity index (χ0) is 13.9. The van der Waals surface area contributed by atoms with Crippen LogP contribution in [0.1, 0.15) is 51.4 Å². The van der Waals surface area contributed by atoms with E-state index in [4.69, 9.17) is 8.85 Å². The van der Waals surface area contributed by atoms with Gasteiger partial charge in [-0.05, 0) is 38.8 Å². The molecule has 0 aromatic rings. The molecule has 0 spiro atoms. The predicted molar refractivity (Wildman–Crippen MR) is 89.6 cm³/mol. The van der Waals surface area contributed by atoms with Gasteiger partial charge in [-0.25, -0.2) is 0 Å². The van der Waals surface area contributed by atoms with E-state index in [0.29, 0.717) is 21.9 Å². The molecule has 2 aliphatic carbocycles. The van der Waals surface area contributed by atoms with E-state index in [1.54, 1.807) is 0 Å². The third kappa shape index (κ3) is 5.10. The van der Waals surface area contributed by atoms with Crippen molar-refractivity contribution >= 4 is 40.4 Å². The Morgan fingerprint density at radius 1 is 0.737 bits per heavy atom. The largest absolute Gasteiger partial charge is 0.390 e. The molecule has 0 aromatic heterocycles. The Balaban J connectivity index is 1.86. The lowest BCUT2D eigenvalue weighted by Gasteiger charge is -2.38. The summed E-state index contributed by atoms with van der Waals surface area (Å²) in [6, 6.07) is 0. The van der Waals surface area contributed by atoms with Crippen LogP contribution in [0.4, 0.5) is 0 Å². The molecule has 112 valence electrons. The Morgan fingerprint density at radius 3 is 1.47 bits per heavy atom. The number of hydrogen-bond acceptors (Lipinski definition) is 2. The Hall–Kier alpha value is 1.10. The Labute approximate surface area is 135 Å². The third-order valence-electron chi connectivity index (χ3n) is 4.11. The van der Waals surface area contributed by atoms with Gasteiger partial charge in [-0.3, -0.25) is 0 Å². The second-order valence-electron chi connectivity index (χ2n) is 6.31. The van der Waals surface area contributed by atoms with Crippen LogP contribution >= 0.6 is 31.9 Å². The molecular weight excluding hydrogens is 388 g/mol. The number of hydrogen-bond donors (Lipinski definition) is 0. The summed E-state index contributed by atoms with van der Waals surface area (Å²) < 4.78 is 12.8. The molecule has 0 amide bonds. The molecular formula is C14H26Br2O2Si. The highest BCUT2D eigenvalue weighted by Gasteiger charge is 2.37. The third-order valence-corrected chi connectivity index (χ3v) is 7.95. The highest BCUT2D eigenvalue weighted by atomic mass is 79.9. The highest BCUT2D eigenvalue weighted by molar-refractivity contribution is 9.09. The molecule has 0 radical (unpaired) electrons. The van der Waals surface area contributed by atoms with Crippen molar-refractivity contribution in [2.75, 3.05) is 0 Å². The highest BCUT2D eigenvalue weighted by Crippen LogP contribution is 2.32. The lowest BCUT2D eigenvalue weighted by atomic mass is 9.98. The maximum absolute atomic E-state index is 6.39. The number of rotatable bonds is 4.